The van der Waals surface area contributed by atoms with Gasteiger partial charge in [-0.15, -0.1) is 0 Å². The number of nitrogens with zero attached hydrogens (tertiary/aromatic N) is 1. The van der Waals surface area contributed by atoms with E-state index in [1.165, 1.54) is 10.6 Å². The molecule has 0 saturated carbocycles. The predicted molar refractivity (Wildman–Crippen MR) is 60.5 cm³/mol. The molecule has 0 spiro atoms. The van der Waals surface area contributed by atoms with Crippen LogP contribution in [0.4, 0.5) is 0 Å². The van der Waals surface area contributed by atoms with Crippen LogP contribution in [0.3, 0.4) is 0 Å². The van der Waals surface area contributed by atoms with Crippen molar-refractivity contribution in [2.45, 2.75) is 13.5 Å². The van der Waals surface area contributed by atoms with E-state index in [-0.39, 0.29) is 12.1 Å². The molecule has 1 rings (SSSR count). The van der Waals surface area contributed by atoms with E-state index in [9.17, 15) is 9.59 Å². The molecule has 0 amide bonds. The van der Waals surface area contributed by atoms with Crippen molar-refractivity contribution in [3.63, 3.8) is 0 Å². The number of hydrogen-bond donors (Lipinski definition) is 1. The van der Waals surface area contributed by atoms with E-state index in [0.29, 0.717) is 10.2 Å². The summed E-state index contributed by atoms with van der Waals surface area (Å²) in [5.41, 5.74) is -0.0388. The quantitative estimate of drug-likeness (QED) is 0.912. The largest absolute Gasteiger partial charge is 0.477 e. The van der Waals surface area contributed by atoms with Gasteiger partial charge < -0.3 is 9.67 Å². The normalized spacial score (nSPS) is 10.0. The topological polar surface area (TPSA) is 59.3 Å². The second kappa shape index (κ2) is 4.44. The van der Waals surface area contributed by atoms with Crippen LogP contribution in [-0.2, 0) is 6.54 Å². The highest BCUT2D eigenvalue weighted by atomic mass is 79.9. The van der Waals surface area contributed by atoms with E-state index in [2.05, 4.69) is 22.5 Å². The zero-order valence-corrected chi connectivity index (χ0v) is 9.74. The third-order valence-corrected chi connectivity index (χ3v) is 2.20. The van der Waals surface area contributed by atoms with Crippen LogP contribution < -0.4 is 5.56 Å². The van der Waals surface area contributed by atoms with E-state index in [1.807, 2.05) is 0 Å². The molecule has 1 aromatic heterocycles. The molecule has 0 aromatic carbocycles. The smallest absolute Gasteiger partial charge is 0.341 e. The van der Waals surface area contributed by atoms with Crippen LogP contribution in [0.5, 0.6) is 0 Å². The van der Waals surface area contributed by atoms with Gasteiger partial charge in [-0.2, -0.15) is 0 Å². The highest BCUT2D eigenvalue weighted by molar-refractivity contribution is 9.11. The minimum Gasteiger partial charge on any atom is -0.477 e. The molecule has 0 radical (unpaired) electrons. The van der Waals surface area contributed by atoms with Gasteiger partial charge in [0.2, 0.25) is 0 Å². The first-order chi connectivity index (χ1) is 6.93. The number of rotatable bonds is 3. The molecule has 0 atom stereocenters. The number of aryl methyl sites for hydroxylation is 1. The van der Waals surface area contributed by atoms with Crippen LogP contribution in [0, 0.1) is 6.92 Å². The fourth-order valence-corrected chi connectivity index (χ4v) is 1.45. The van der Waals surface area contributed by atoms with Crippen LogP contribution in [0.15, 0.2) is 28.0 Å². The monoisotopic (exact) mass is 271 g/mol. The van der Waals surface area contributed by atoms with Gasteiger partial charge in [-0.1, -0.05) is 22.5 Å². The molecular formula is C10H10BrNO3. The van der Waals surface area contributed by atoms with Crippen molar-refractivity contribution in [3.05, 3.63) is 44.8 Å². The number of allylic oxidation sites excluding steroid dienone is 1. The Morgan fingerprint density at radius 3 is 2.67 bits per heavy atom. The Kier molecular flexibility index (Phi) is 3.47. The summed E-state index contributed by atoms with van der Waals surface area (Å²) in [6, 6.07) is 2.91. The summed E-state index contributed by atoms with van der Waals surface area (Å²) in [5, 5.41) is 8.77. The van der Waals surface area contributed by atoms with Gasteiger partial charge in [-0.05, 0) is 19.1 Å². The number of aromatic nitrogens is 1. The molecule has 0 fully saturated rings. The average molecular weight is 272 g/mol. The van der Waals surface area contributed by atoms with Gasteiger partial charge in [-0.3, -0.25) is 4.79 Å². The Labute approximate surface area is 95.0 Å². The van der Waals surface area contributed by atoms with Crippen LogP contribution in [0.2, 0.25) is 0 Å². The lowest BCUT2D eigenvalue weighted by Gasteiger charge is -2.09. The predicted octanol–water partition coefficient (Wildman–Crippen LogP) is 1.76. The molecule has 0 aliphatic carbocycles. The fourth-order valence-electron chi connectivity index (χ4n) is 1.20. The van der Waals surface area contributed by atoms with Gasteiger partial charge in [0.25, 0.3) is 5.56 Å². The Hall–Kier alpha value is -1.36. The second-order valence-electron chi connectivity index (χ2n) is 3.10. The molecule has 4 nitrogen and oxygen atoms in total. The molecule has 5 heteroatoms. The molecule has 0 aliphatic rings. The van der Waals surface area contributed by atoms with Crippen molar-refractivity contribution in [3.8, 4) is 0 Å². The van der Waals surface area contributed by atoms with Crippen LogP contribution in [0.1, 0.15) is 16.1 Å². The number of carbonyl (C=O) groups is 1. The number of halogens is 1. The summed E-state index contributed by atoms with van der Waals surface area (Å²) in [6.45, 7) is 5.63. The van der Waals surface area contributed by atoms with Gasteiger partial charge in [0.15, 0.2) is 0 Å². The van der Waals surface area contributed by atoms with Crippen LogP contribution >= 0.6 is 15.9 Å². The van der Waals surface area contributed by atoms with Crippen molar-refractivity contribution in [1.29, 1.82) is 0 Å². The standard InChI is InChI=1S/C10H10BrNO3/c1-6(11)5-12-7(2)3-4-8(9(12)13)10(14)15/h3-4H,1,5H2,2H3,(H,14,15). The molecule has 0 aliphatic heterocycles. The maximum absolute atomic E-state index is 11.7. The molecule has 15 heavy (non-hydrogen) atoms. The Balaban J connectivity index is 3.37. The SMILES string of the molecule is C=C(Br)Cn1c(C)ccc(C(=O)O)c1=O. The Bertz CT molecular complexity index is 476. The van der Waals surface area contributed by atoms with Crippen LogP contribution in [0.25, 0.3) is 0 Å². The number of carboxylic acids is 1. The van der Waals surface area contributed by atoms with E-state index in [4.69, 9.17) is 5.11 Å². The molecule has 0 saturated heterocycles. The third-order valence-electron chi connectivity index (χ3n) is 1.95. The summed E-state index contributed by atoms with van der Waals surface area (Å²) < 4.78 is 1.98. The zero-order valence-electron chi connectivity index (χ0n) is 8.16. The first-order valence-corrected chi connectivity index (χ1v) is 5.00. The maximum atomic E-state index is 11.7. The highest BCUT2D eigenvalue weighted by Crippen LogP contribution is 2.06. The summed E-state index contributed by atoms with van der Waals surface area (Å²) >= 11 is 3.14. The number of aromatic carboxylic acids is 1. The summed E-state index contributed by atoms with van der Waals surface area (Å²) in [4.78, 5) is 22.4. The van der Waals surface area contributed by atoms with E-state index < -0.39 is 11.5 Å². The van der Waals surface area contributed by atoms with Crippen molar-refractivity contribution in [2.24, 2.45) is 0 Å². The number of hydrogen-bond acceptors (Lipinski definition) is 2. The van der Waals surface area contributed by atoms with Gasteiger partial charge in [0, 0.05) is 10.2 Å². The molecule has 0 unspecified atom stereocenters. The number of carboxylic acid groups (broad SMARTS) is 1. The highest BCUT2D eigenvalue weighted by Gasteiger charge is 2.12. The first-order valence-electron chi connectivity index (χ1n) is 4.20. The Morgan fingerprint density at radius 1 is 1.60 bits per heavy atom. The first kappa shape index (κ1) is 11.7. The van der Waals surface area contributed by atoms with Crippen molar-refractivity contribution < 1.29 is 9.90 Å². The van der Waals surface area contributed by atoms with E-state index >= 15 is 0 Å². The fraction of sp³-hybridized carbons (Fsp3) is 0.200. The summed E-state index contributed by atoms with van der Waals surface area (Å²) in [6.07, 6.45) is 0. The molecule has 0 bridgehead atoms. The lowest BCUT2D eigenvalue weighted by atomic mass is 10.2. The lowest BCUT2D eigenvalue weighted by molar-refractivity contribution is 0.0694. The van der Waals surface area contributed by atoms with Gasteiger partial charge in [0.1, 0.15) is 5.56 Å². The summed E-state index contributed by atoms with van der Waals surface area (Å²) in [7, 11) is 0. The van der Waals surface area contributed by atoms with E-state index in [0.717, 1.165) is 0 Å². The Morgan fingerprint density at radius 2 is 2.20 bits per heavy atom. The third kappa shape index (κ3) is 2.56. The maximum Gasteiger partial charge on any atom is 0.341 e. The molecule has 1 heterocycles. The van der Waals surface area contributed by atoms with Crippen LogP contribution in [-0.4, -0.2) is 15.6 Å². The van der Waals surface area contributed by atoms with Crippen molar-refractivity contribution in [2.75, 3.05) is 0 Å². The second-order valence-corrected chi connectivity index (χ2v) is 4.22. The molecular weight excluding hydrogens is 262 g/mol. The summed E-state index contributed by atoms with van der Waals surface area (Å²) in [5.74, 6) is -1.21. The lowest BCUT2D eigenvalue weighted by Crippen LogP contribution is -2.27. The van der Waals surface area contributed by atoms with Crippen molar-refractivity contribution >= 4 is 21.9 Å². The minimum atomic E-state index is -1.21. The zero-order chi connectivity index (χ0) is 11.6. The average Bonchev–Trinajstić information content (AvgIpc) is 2.11. The molecule has 80 valence electrons. The minimum absolute atomic E-state index is 0.227. The van der Waals surface area contributed by atoms with Crippen molar-refractivity contribution in [1.82, 2.24) is 4.57 Å². The van der Waals surface area contributed by atoms with Gasteiger partial charge in [0.05, 0.1) is 6.54 Å². The van der Waals surface area contributed by atoms with Gasteiger partial charge in [-0.25, -0.2) is 4.79 Å². The molecule has 1 aromatic rings. The molecule has 1 N–H and O–H groups in total. The number of pyridine rings is 1. The van der Waals surface area contributed by atoms with Gasteiger partial charge >= 0.3 is 5.97 Å². The van der Waals surface area contributed by atoms with E-state index in [1.54, 1.807) is 13.0 Å².